The van der Waals surface area contributed by atoms with Gasteiger partial charge < -0.3 is 14.2 Å². The van der Waals surface area contributed by atoms with Crippen molar-refractivity contribution in [3.63, 3.8) is 0 Å². The number of esters is 3. The van der Waals surface area contributed by atoms with Crippen LogP contribution in [0.5, 0.6) is 0 Å². The topological polar surface area (TPSA) is 78.9 Å². The second-order valence-electron chi connectivity index (χ2n) is 17.2. The van der Waals surface area contributed by atoms with E-state index in [-0.39, 0.29) is 31.1 Å². The summed E-state index contributed by atoms with van der Waals surface area (Å²) in [6.07, 6.45) is 60.6. The zero-order valence-corrected chi connectivity index (χ0v) is 40.2. The van der Waals surface area contributed by atoms with Crippen molar-refractivity contribution in [1.82, 2.24) is 0 Å². The van der Waals surface area contributed by atoms with Crippen LogP contribution in [0, 0.1) is 0 Å². The molecule has 1 unspecified atom stereocenters. The fourth-order valence-electron chi connectivity index (χ4n) is 7.14. The Bertz CT molecular complexity index is 1120. The Morgan fingerprint density at radius 3 is 1.05 bits per heavy atom. The SMILES string of the molecule is CCCC/C=C\CCCCCCC(=O)OCC(COC(=O)CCCCCCC\C=C/C=C\C=C/C=C\CCCCC)OC(=O)CCCCCCCCCCCCCCCCC. The molecule has 0 aromatic rings. The molecule has 0 bridgehead atoms. The first-order valence-corrected chi connectivity index (χ1v) is 25.8. The van der Waals surface area contributed by atoms with Gasteiger partial charge in [-0.2, -0.15) is 0 Å². The Morgan fingerprint density at radius 2 is 0.623 bits per heavy atom. The summed E-state index contributed by atoms with van der Waals surface area (Å²) in [4.78, 5) is 37.9. The molecule has 0 radical (unpaired) electrons. The molecule has 6 nitrogen and oxygen atoms in total. The van der Waals surface area contributed by atoms with Gasteiger partial charge in [-0.25, -0.2) is 0 Å². The molecule has 0 heterocycles. The van der Waals surface area contributed by atoms with Crippen LogP contribution in [0.2, 0.25) is 0 Å². The third-order valence-corrected chi connectivity index (χ3v) is 11.1. The number of hydrogen-bond acceptors (Lipinski definition) is 6. The summed E-state index contributed by atoms with van der Waals surface area (Å²) < 4.78 is 16.8. The van der Waals surface area contributed by atoms with Crippen molar-refractivity contribution in [2.24, 2.45) is 0 Å². The van der Waals surface area contributed by atoms with Crippen LogP contribution in [-0.4, -0.2) is 37.2 Å². The second-order valence-corrected chi connectivity index (χ2v) is 17.2. The zero-order chi connectivity index (χ0) is 44.4. The Labute approximate surface area is 377 Å². The van der Waals surface area contributed by atoms with Crippen molar-refractivity contribution in [3.8, 4) is 0 Å². The minimum absolute atomic E-state index is 0.0866. The summed E-state index contributed by atoms with van der Waals surface area (Å²) in [5.74, 6) is -0.917. The third kappa shape index (κ3) is 48.0. The highest BCUT2D eigenvalue weighted by Gasteiger charge is 2.19. The first kappa shape index (κ1) is 58.1. The minimum Gasteiger partial charge on any atom is -0.462 e. The monoisotopic (exact) mass is 853 g/mol. The van der Waals surface area contributed by atoms with Crippen LogP contribution >= 0.6 is 0 Å². The lowest BCUT2D eigenvalue weighted by Gasteiger charge is -2.18. The number of allylic oxidation sites excluding steroid dienone is 10. The third-order valence-electron chi connectivity index (χ3n) is 11.1. The van der Waals surface area contributed by atoms with Gasteiger partial charge in [0.1, 0.15) is 13.2 Å². The molecule has 6 heteroatoms. The van der Waals surface area contributed by atoms with E-state index in [4.69, 9.17) is 14.2 Å². The second kappa shape index (κ2) is 49.8. The zero-order valence-electron chi connectivity index (χ0n) is 40.2. The predicted octanol–water partition coefficient (Wildman–Crippen LogP) is 16.9. The molecule has 352 valence electrons. The fraction of sp³-hybridized carbons (Fsp3) is 0.764. The molecule has 0 rings (SSSR count). The highest BCUT2D eigenvalue weighted by Crippen LogP contribution is 2.15. The van der Waals surface area contributed by atoms with E-state index in [0.29, 0.717) is 19.3 Å². The van der Waals surface area contributed by atoms with Crippen molar-refractivity contribution >= 4 is 17.9 Å². The number of ether oxygens (including phenoxy) is 3. The van der Waals surface area contributed by atoms with Crippen molar-refractivity contribution < 1.29 is 28.6 Å². The molecule has 0 aliphatic carbocycles. The summed E-state index contributed by atoms with van der Waals surface area (Å²) in [6, 6.07) is 0. The molecule has 0 amide bonds. The lowest BCUT2D eigenvalue weighted by Crippen LogP contribution is -2.30. The van der Waals surface area contributed by atoms with Gasteiger partial charge in [-0.1, -0.05) is 229 Å². The summed E-state index contributed by atoms with van der Waals surface area (Å²) in [5.41, 5.74) is 0. The van der Waals surface area contributed by atoms with E-state index in [0.717, 1.165) is 103 Å². The number of unbranched alkanes of at least 4 members (excludes halogenated alkanes) is 28. The Hall–Kier alpha value is -2.89. The highest BCUT2D eigenvalue weighted by molar-refractivity contribution is 5.71. The first-order valence-electron chi connectivity index (χ1n) is 25.8. The van der Waals surface area contributed by atoms with Crippen LogP contribution in [0.15, 0.2) is 60.8 Å². The van der Waals surface area contributed by atoms with Gasteiger partial charge in [0.15, 0.2) is 6.10 Å². The largest absolute Gasteiger partial charge is 0.462 e. The average molecular weight is 853 g/mol. The van der Waals surface area contributed by atoms with Crippen molar-refractivity contribution in [2.45, 2.75) is 258 Å². The van der Waals surface area contributed by atoms with E-state index >= 15 is 0 Å². The molecule has 0 saturated carbocycles. The normalized spacial score (nSPS) is 12.5. The smallest absolute Gasteiger partial charge is 0.306 e. The van der Waals surface area contributed by atoms with Gasteiger partial charge in [0, 0.05) is 19.3 Å². The lowest BCUT2D eigenvalue weighted by molar-refractivity contribution is -0.167. The first-order chi connectivity index (χ1) is 30.0. The van der Waals surface area contributed by atoms with Gasteiger partial charge >= 0.3 is 17.9 Å². The number of carbonyl (C=O) groups is 3. The van der Waals surface area contributed by atoms with Crippen LogP contribution in [0.3, 0.4) is 0 Å². The maximum Gasteiger partial charge on any atom is 0.306 e. The number of hydrogen-bond donors (Lipinski definition) is 0. The maximum absolute atomic E-state index is 12.8. The van der Waals surface area contributed by atoms with Crippen LogP contribution in [-0.2, 0) is 28.6 Å². The van der Waals surface area contributed by atoms with Crippen molar-refractivity contribution in [3.05, 3.63) is 60.8 Å². The van der Waals surface area contributed by atoms with Gasteiger partial charge in [-0.15, -0.1) is 0 Å². The average Bonchev–Trinajstić information content (AvgIpc) is 3.26. The summed E-state index contributed by atoms with van der Waals surface area (Å²) in [5, 5.41) is 0. The summed E-state index contributed by atoms with van der Waals surface area (Å²) in [6.45, 7) is 6.54. The van der Waals surface area contributed by atoms with Crippen LogP contribution in [0.4, 0.5) is 0 Å². The lowest BCUT2D eigenvalue weighted by atomic mass is 10.0. The molecule has 61 heavy (non-hydrogen) atoms. The molecule has 1 atom stereocenters. The number of rotatable bonds is 46. The minimum atomic E-state index is -0.785. The molecule has 0 N–H and O–H groups in total. The fourth-order valence-corrected chi connectivity index (χ4v) is 7.14. The van der Waals surface area contributed by atoms with Gasteiger partial charge in [0.05, 0.1) is 0 Å². The van der Waals surface area contributed by atoms with E-state index in [1.54, 1.807) is 0 Å². The van der Waals surface area contributed by atoms with Gasteiger partial charge in [-0.05, 0) is 64.2 Å². The summed E-state index contributed by atoms with van der Waals surface area (Å²) in [7, 11) is 0. The van der Waals surface area contributed by atoms with Gasteiger partial charge in [0.25, 0.3) is 0 Å². The molecule has 0 aliphatic rings. The van der Waals surface area contributed by atoms with Gasteiger partial charge in [0.2, 0.25) is 0 Å². The van der Waals surface area contributed by atoms with E-state index in [1.807, 2.05) is 0 Å². The predicted molar refractivity (Wildman–Crippen MR) is 261 cm³/mol. The Balaban J connectivity index is 4.39. The van der Waals surface area contributed by atoms with Crippen molar-refractivity contribution in [1.29, 1.82) is 0 Å². The van der Waals surface area contributed by atoms with E-state index < -0.39 is 6.10 Å². The van der Waals surface area contributed by atoms with Crippen molar-refractivity contribution in [2.75, 3.05) is 13.2 Å². The Morgan fingerprint density at radius 1 is 0.328 bits per heavy atom. The number of carbonyl (C=O) groups excluding carboxylic acids is 3. The molecule has 0 aromatic carbocycles. The van der Waals surface area contributed by atoms with E-state index in [9.17, 15) is 14.4 Å². The van der Waals surface area contributed by atoms with Crippen LogP contribution < -0.4 is 0 Å². The van der Waals surface area contributed by atoms with E-state index in [1.165, 1.54) is 109 Å². The molecule has 0 saturated heterocycles. The quantitative estimate of drug-likeness (QED) is 0.0200. The van der Waals surface area contributed by atoms with Crippen LogP contribution in [0.25, 0.3) is 0 Å². The molecular formula is C55H96O6. The summed E-state index contributed by atoms with van der Waals surface area (Å²) >= 11 is 0. The molecule has 0 fully saturated rings. The molecule has 0 aliphatic heterocycles. The molecular weight excluding hydrogens is 757 g/mol. The molecule has 0 aromatic heterocycles. The van der Waals surface area contributed by atoms with Gasteiger partial charge in [-0.3, -0.25) is 14.4 Å². The van der Waals surface area contributed by atoms with E-state index in [2.05, 4.69) is 81.5 Å². The highest BCUT2D eigenvalue weighted by atomic mass is 16.6. The van der Waals surface area contributed by atoms with Crippen LogP contribution in [0.1, 0.15) is 252 Å². The molecule has 0 spiro atoms. The standard InChI is InChI=1S/C55H96O6/c1-4-7-10-13-16-19-22-24-26-27-28-30-31-33-36-39-42-45-48-54(57)60-51-52(50-59-53(56)47-44-41-38-35-21-18-15-12-9-6-3)61-55(58)49-46-43-40-37-34-32-29-25-23-20-17-14-11-8-5-2/h15-16,18-19,22,24,26-28,30,52H,4-14,17,20-21,23,25,29,31-51H2,1-3H3/b18-15-,19-16-,24-22-,27-26-,30-28-. The Kier molecular flexibility index (Phi) is 47.4. The maximum atomic E-state index is 12.8.